The first kappa shape index (κ1) is 25.8. The van der Waals surface area contributed by atoms with Crippen molar-refractivity contribution in [3.8, 4) is 11.4 Å². The Kier molecular flexibility index (Phi) is 6.74. The number of alkyl halides is 3. The van der Waals surface area contributed by atoms with Gasteiger partial charge in [-0.3, -0.25) is 0 Å². The number of fused-ring (bicyclic) bond motifs is 1. The smallest absolute Gasteiger partial charge is 0.543 e. The molecule has 0 amide bonds. The molecule has 0 atom stereocenters. The van der Waals surface area contributed by atoms with Crippen LogP contribution in [0.2, 0.25) is 0 Å². The number of allylic oxidation sites excluding steroid dienone is 1. The molecule has 200 valence electrons. The Balaban J connectivity index is 1.51. The third-order valence-corrected chi connectivity index (χ3v) is 6.63. The van der Waals surface area contributed by atoms with Crippen LogP contribution in [0.4, 0.5) is 24.5 Å². The normalized spacial score (nSPS) is 15.5. The van der Waals surface area contributed by atoms with Gasteiger partial charge in [-0.25, -0.2) is 14.3 Å². The second kappa shape index (κ2) is 10.2. The van der Waals surface area contributed by atoms with Crippen molar-refractivity contribution < 1.29 is 37.4 Å². The summed E-state index contributed by atoms with van der Waals surface area (Å²) in [6.07, 6.45) is -2.18. The van der Waals surface area contributed by atoms with E-state index in [0.29, 0.717) is 24.4 Å². The Morgan fingerprint density at radius 3 is 2.10 bits per heavy atom. The molecule has 0 saturated carbocycles. The third kappa shape index (κ3) is 5.03. The largest absolute Gasteiger partial charge is 0.573 e. The van der Waals surface area contributed by atoms with E-state index in [4.69, 9.17) is 0 Å². The molecule has 1 saturated heterocycles. The fourth-order valence-corrected chi connectivity index (χ4v) is 4.93. The van der Waals surface area contributed by atoms with Gasteiger partial charge in [-0.2, -0.15) is 5.10 Å². The number of hydrogen-bond donors (Lipinski definition) is 0. The highest BCUT2D eigenvalue weighted by molar-refractivity contribution is 5.99. The lowest BCUT2D eigenvalue weighted by Gasteiger charge is -2.32. The third-order valence-electron chi connectivity index (χ3n) is 6.63. The van der Waals surface area contributed by atoms with Gasteiger partial charge in [-0.15, -0.1) is 13.2 Å². The van der Waals surface area contributed by atoms with Crippen LogP contribution >= 0.6 is 0 Å². The molecule has 3 aromatic rings. The SMILES string of the molecule is O=C=C1CCCCN1c1ccc(N2CCc3c(C(=O)[O-])nn(-c4ccc(OC(F)(F)F)cc4)c3C2=C=O)cc1. The van der Waals surface area contributed by atoms with E-state index in [2.05, 4.69) is 9.84 Å². The summed E-state index contributed by atoms with van der Waals surface area (Å²) < 4.78 is 42.8. The fraction of sp³-hybridized carbons (Fsp3) is 0.259. The molecule has 1 fully saturated rings. The molecule has 0 unspecified atom stereocenters. The zero-order chi connectivity index (χ0) is 27.7. The van der Waals surface area contributed by atoms with Crippen LogP contribution in [0.1, 0.15) is 41.0 Å². The molecule has 0 bridgehead atoms. The summed E-state index contributed by atoms with van der Waals surface area (Å²) in [5, 5.41) is 15.9. The van der Waals surface area contributed by atoms with Gasteiger partial charge in [0.15, 0.2) is 11.6 Å². The Morgan fingerprint density at radius 2 is 1.51 bits per heavy atom. The maximum absolute atomic E-state index is 12.6. The minimum absolute atomic E-state index is 0.00562. The highest BCUT2D eigenvalue weighted by Gasteiger charge is 2.33. The van der Waals surface area contributed by atoms with Crippen molar-refractivity contribution in [2.75, 3.05) is 22.9 Å². The van der Waals surface area contributed by atoms with Crippen molar-refractivity contribution >= 4 is 34.9 Å². The molecule has 9 nitrogen and oxygen atoms in total. The van der Waals surface area contributed by atoms with E-state index >= 15 is 0 Å². The zero-order valence-corrected chi connectivity index (χ0v) is 20.3. The van der Waals surface area contributed by atoms with E-state index in [9.17, 15) is 32.7 Å². The summed E-state index contributed by atoms with van der Waals surface area (Å²) >= 11 is 0. The standard InChI is InChI=1S/C27H21F3N4O5/c28-27(29,30)39-21-10-8-19(9-11-21)34-25-22(24(31-34)26(37)38)12-14-33(23(25)16-36)18-6-4-17(5-7-18)32-13-2-1-3-20(32)15-35/h4-11H,1-3,12-14H2,(H,37,38)/p-1. The van der Waals surface area contributed by atoms with Crippen LogP contribution in [0.25, 0.3) is 11.4 Å². The number of anilines is 2. The summed E-state index contributed by atoms with van der Waals surface area (Å²) in [6, 6.07) is 11.8. The van der Waals surface area contributed by atoms with Gasteiger partial charge < -0.3 is 24.4 Å². The molecule has 2 aliphatic rings. The zero-order valence-electron chi connectivity index (χ0n) is 20.3. The van der Waals surface area contributed by atoms with Gasteiger partial charge in [0.1, 0.15) is 28.8 Å². The van der Waals surface area contributed by atoms with Crippen LogP contribution in [-0.2, 0) is 16.0 Å². The number of aromatic nitrogens is 2. The molecule has 2 aliphatic heterocycles. The Labute approximate surface area is 220 Å². The number of ether oxygens (including phenoxy) is 1. The van der Waals surface area contributed by atoms with Crippen molar-refractivity contribution in [3.63, 3.8) is 0 Å². The van der Waals surface area contributed by atoms with E-state index < -0.39 is 18.1 Å². The first-order chi connectivity index (χ1) is 18.7. The van der Waals surface area contributed by atoms with Crippen molar-refractivity contribution in [1.29, 1.82) is 0 Å². The van der Waals surface area contributed by atoms with Crippen LogP contribution in [0, 0.1) is 0 Å². The summed E-state index contributed by atoms with van der Waals surface area (Å²) in [7, 11) is 0. The molecule has 1 aromatic heterocycles. The second-order valence-electron chi connectivity index (χ2n) is 8.94. The second-order valence-corrected chi connectivity index (χ2v) is 8.94. The highest BCUT2D eigenvalue weighted by atomic mass is 19.4. The molecule has 5 rings (SSSR count). The minimum atomic E-state index is -4.88. The number of halogens is 3. The summed E-state index contributed by atoms with van der Waals surface area (Å²) in [5.74, 6) is 1.87. The molecular weight excluding hydrogens is 517 g/mol. The number of hydrogen-bond acceptors (Lipinski definition) is 8. The Morgan fingerprint density at radius 1 is 0.872 bits per heavy atom. The van der Waals surface area contributed by atoms with Crippen LogP contribution in [-0.4, -0.2) is 47.1 Å². The summed E-state index contributed by atoms with van der Waals surface area (Å²) in [5.41, 5.74) is 2.24. The number of carboxylic acid groups (broad SMARTS) is 1. The van der Waals surface area contributed by atoms with E-state index in [1.54, 1.807) is 17.0 Å². The van der Waals surface area contributed by atoms with Crippen molar-refractivity contribution in [2.24, 2.45) is 0 Å². The van der Waals surface area contributed by atoms with Crippen LogP contribution in [0.3, 0.4) is 0 Å². The van der Waals surface area contributed by atoms with Crippen molar-refractivity contribution in [3.05, 3.63) is 71.2 Å². The van der Waals surface area contributed by atoms with E-state index in [1.165, 1.54) is 16.8 Å². The molecule has 0 radical (unpaired) electrons. The van der Waals surface area contributed by atoms with Gasteiger partial charge in [0.2, 0.25) is 0 Å². The molecular formula is C27H20F3N4O5-. The molecule has 12 heteroatoms. The number of rotatable bonds is 5. The number of carbonyl (C=O) groups is 1. The van der Waals surface area contributed by atoms with Gasteiger partial charge in [0, 0.05) is 30.0 Å². The topological polar surface area (TPSA) is 108 Å². The molecule has 0 N–H and O–H groups in total. The molecule has 3 heterocycles. The fourth-order valence-electron chi connectivity index (χ4n) is 4.93. The summed E-state index contributed by atoms with van der Waals surface area (Å²) in [6.45, 7) is 0.929. The molecule has 0 spiro atoms. The van der Waals surface area contributed by atoms with Crippen molar-refractivity contribution in [2.45, 2.75) is 32.0 Å². The minimum Gasteiger partial charge on any atom is -0.543 e. The number of piperidine rings is 1. The Bertz CT molecular complexity index is 1520. The molecule has 39 heavy (non-hydrogen) atoms. The van der Waals surface area contributed by atoms with Crippen LogP contribution in [0.5, 0.6) is 5.75 Å². The maximum Gasteiger partial charge on any atom is 0.573 e. The lowest BCUT2D eigenvalue weighted by Crippen LogP contribution is -2.32. The van der Waals surface area contributed by atoms with Gasteiger partial charge in [0.25, 0.3) is 0 Å². The van der Waals surface area contributed by atoms with E-state index in [-0.39, 0.29) is 41.3 Å². The molecule has 0 aliphatic carbocycles. The predicted octanol–water partition coefficient (Wildman–Crippen LogP) is 3.08. The maximum atomic E-state index is 12.6. The first-order valence-electron chi connectivity index (χ1n) is 12.0. The summed E-state index contributed by atoms with van der Waals surface area (Å²) in [4.78, 5) is 39.0. The average Bonchev–Trinajstić information content (AvgIpc) is 3.32. The monoisotopic (exact) mass is 537 g/mol. The van der Waals surface area contributed by atoms with E-state index in [1.807, 2.05) is 28.9 Å². The predicted molar refractivity (Wildman–Crippen MR) is 132 cm³/mol. The van der Waals surface area contributed by atoms with Crippen molar-refractivity contribution in [1.82, 2.24) is 9.78 Å². The van der Waals surface area contributed by atoms with Gasteiger partial charge in [-0.1, -0.05) is 0 Å². The number of carboxylic acids is 1. The van der Waals surface area contributed by atoms with E-state index in [0.717, 1.165) is 30.7 Å². The lowest BCUT2D eigenvalue weighted by atomic mass is 10.0. The average molecular weight is 537 g/mol. The lowest BCUT2D eigenvalue weighted by molar-refractivity contribution is -0.274. The van der Waals surface area contributed by atoms with Crippen LogP contribution < -0.4 is 19.6 Å². The number of nitrogens with zero attached hydrogens (tertiary/aromatic N) is 4. The quantitative estimate of drug-likeness (QED) is 0.457. The van der Waals surface area contributed by atoms with Gasteiger partial charge in [0.05, 0.1) is 11.7 Å². The number of carbonyl (C=O) groups excluding carboxylic acids is 3. The number of benzene rings is 2. The highest BCUT2D eigenvalue weighted by Crippen LogP contribution is 2.36. The van der Waals surface area contributed by atoms with Crippen LogP contribution in [0.15, 0.2) is 54.2 Å². The van der Waals surface area contributed by atoms with Gasteiger partial charge >= 0.3 is 6.36 Å². The Hall–Kier alpha value is -4.79. The first-order valence-corrected chi connectivity index (χ1v) is 12.0. The van der Waals surface area contributed by atoms with Gasteiger partial charge in [-0.05, 0) is 74.2 Å². The number of aromatic carboxylic acids is 1. The molecule has 2 aromatic carbocycles.